The lowest BCUT2D eigenvalue weighted by Gasteiger charge is -2.42. The van der Waals surface area contributed by atoms with Gasteiger partial charge in [0.1, 0.15) is 0 Å². The highest BCUT2D eigenvalue weighted by Crippen LogP contribution is 2.28. The summed E-state index contributed by atoms with van der Waals surface area (Å²) in [6.07, 6.45) is 1.28. The van der Waals surface area contributed by atoms with E-state index in [9.17, 15) is 9.59 Å². The predicted molar refractivity (Wildman–Crippen MR) is 88.0 cm³/mol. The molecule has 1 saturated heterocycles. The van der Waals surface area contributed by atoms with Crippen molar-refractivity contribution in [2.24, 2.45) is 11.1 Å². The van der Waals surface area contributed by atoms with Crippen LogP contribution in [0.25, 0.3) is 0 Å². The Morgan fingerprint density at radius 3 is 2.50 bits per heavy atom. The molecular weight excluding hydrogens is 300 g/mol. The molecule has 1 amide bonds. The summed E-state index contributed by atoms with van der Waals surface area (Å²) in [5.41, 5.74) is 6.60. The van der Waals surface area contributed by atoms with Crippen LogP contribution in [0, 0.1) is 5.41 Å². The van der Waals surface area contributed by atoms with Gasteiger partial charge in [0.05, 0.1) is 0 Å². The van der Waals surface area contributed by atoms with Crippen molar-refractivity contribution in [3.8, 4) is 0 Å². The summed E-state index contributed by atoms with van der Waals surface area (Å²) in [6.45, 7) is 5.49. The Morgan fingerprint density at radius 2 is 1.91 bits per heavy atom. The highest BCUT2D eigenvalue weighted by molar-refractivity contribution is 6.30. The van der Waals surface area contributed by atoms with E-state index in [1.807, 2.05) is 4.90 Å². The van der Waals surface area contributed by atoms with Gasteiger partial charge in [-0.05, 0) is 36.1 Å². The average molecular weight is 323 g/mol. The second kappa shape index (κ2) is 6.80. The summed E-state index contributed by atoms with van der Waals surface area (Å²) in [6, 6.07) is 6.87. The third-order valence-corrected chi connectivity index (χ3v) is 4.65. The molecule has 2 N–H and O–H groups in total. The third-order valence-electron chi connectivity index (χ3n) is 4.40. The molecule has 4 nitrogen and oxygen atoms in total. The molecule has 1 aliphatic heterocycles. The lowest BCUT2D eigenvalue weighted by molar-refractivity contribution is -0.134. The van der Waals surface area contributed by atoms with Crippen LogP contribution in [-0.2, 0) is 4.79 Å². The molecule has 5 heteroatoms. The highest BCUT2D eigenvalue weighted by atomic mass is 35.5. The maximum Gasteiger partial charge on any atom is 0.223 e. The van der Waals surface area contributed by atoms with Crippen LogP contribution >= 0.6 is 11.6 Å². The molecule has 0 aliphatic carbocycles. The number of rotatable bonds is 4. The first kappa shape index (κ1) is 17.0. The highest BCUT2D eigenvalue weighted by Gasteiger charge is 2.35. The van der Waals surface area contributed by atoms with Crippen molar-refractivity contribution in [2.45, 2.75) is 39.2 Å². The Labute approximate surface area is 136 Å². The number of piperidine rings is 1. The van der Waals surface area contributed by atoms with E-state index < -0.39 is 0 Å². The van der Waals surface area contributed by atoms with Crippen LogP contribution < -0.4 is 5.73 Å². The van der Waals surface area contributed by atoms with E-state index in [0.29, 0.717) is 23.7 Å². The van der Waals surface area contributed by atoms with Crippen molar-refractivity contribution >= 4 is 23.3 Å². The zero-order valence-corrected chi connectivity index (χ0v) is 13.9. The molecule has 0 bridgehead atoms. The van der Waals surface area contributed by atoms with Crippen LogP contribution in [-0.4, -0.2) is 35.7 Å². The van der Waals surface area contributed by atoms with Crippen LogP contribution in [0.3, 0.4) is 0 Å². The second-order valence-electron chi connectivity index (χ2n) is 6.63. The fourth-order valence-electron chi connectivity index (χ4n) is 2.75. The SMILES string of the molecule is CC1(C)CN(C(=O)CCC(=O)c2ccc(Cl)cc2)CCC1N. The van der Waals surface area contributed by atoms with Crippen molar-refractivity contribution in [1.29, 1.82) is 0 Å². The molecule has 0 saturated carbocycles. The van der Waals surface area contributed by atoms with E-state index in [2.05, 4.69) is 13.8 Å². The molecule has 1 heterocycles. The number of halogens is 1. The van der Waals surface area contributed by atoms with E-state index in [0.717, 1.165) is 6.42 Å². The lowest BCUT2D eigenvalue weighted by Crippen LogP contribution is -2.54. The van der Waals surface area contributed by atoms with Gasteiger partial charge >= 0.3 is 0 Å². The first-order valence-corrected chi connectivity index (χ1v) is 7.99. The Hall–Kier alpha value is -1.39. The van der Waals surface area contributed by atoms with E-state index >= 15 is 0 Å². The molecule has 1 aromatic carbocycles. The van der Waals surface area contributed by atoms with Gasteiger partial charge in [-0.2, -0.15) is 0 Å². The number of nitrogens with zero attached hydrogens (tertiary/aromatic N) is 1. The largest absolute Gasteiger partial charge is 0.342 e. The number of ketones is 1. The minimum Gasteiger partial charge on any atom is -0.342 e. The smallest absolute Gasteiger partial charge is 0.223 e. The van der Waals surface area contributed by atoms with Gasteiger partial charge in [0, 0.05) is 42.6 Å². The maximum absolute atomic E-state index is 12.3. The maximum atomic E-state index is 12.3. The molecule has 1 aliphatic rings. The van der Waals surface area contributed by atoms with Gasteiger partial charge in [0.25, 0.3) is 0 Å². The molecule has 120 valence electrons. The molecule has 1 fully saturated rings. The molecule has 0 aromatic heterocycles. The quantitative estimate of drug-likeness (QED) is 0.867. The summed E-state index contributed by atoms with van der Waals surface area (Å²) in [5.74, 6) is 0.000256. The molecule has 22 heavy (non-hydrogen) atoms. The third kappa shape index (κ3) is 4.08. The zero-order chi connectivity index (χ0) is 16.3. The van der Waals surface area contributed by atoms with Crippen molar-refractivity contribution in [3.63, 3.8) is 0 Å². The first-order valence-electron chi connectivity index (χ1n) is 7.62. The molecule has 1 aromatic rings. The minimum absolute atomic E-state index is 0.0296. The standard InChI is InChI=1S/C17H23ClN2O2/c1-17(2)11-20(10-9-15(17)19)16(22)8-7-14(21)12-3-5-13(18)6-4-12/h3-6,15H,7-11,19H2,1-2H3. The van der Waals surface area contributed by atoms with Gasteiger partial charge in [-0.3, -0.25) is 9.59 Å². The van der Waals surface area contributed by atoms with Crippen LogP contribution in [0.4, 0.5) is 0 Å². The summed E-state index contributed by atoms with van der Waals surface area (Å²) in [7, 11) is 0. The topological polar surface area (TPSA) is 63.4 Å². The van der Waals surface area contributed by atoms with Gasteiger partial charge < -0.3 is 10.6 Å². The van der Waals surface area contributed by atoms with Gasteiger partial charge in [-0.15, -0.1) is 0 Å². The summed E-state index contributed by atoms with van der Waals surface area (Å²) in [4.78, 5) is 26.2. The Balaban J connectivity index is 1.87. The first-order chi connectivity index (χ1) is 10.3. The number of hydrogen-bond donors (Lipinski definition) is 1. The molecule has 1 unspecified atom stereocenters. The van der Waals surface area contributed by atoms with Gasteiger partial charge in [0.2, 0.25) is 5.91 Å². The summed E-state index contributed by atoms with van der Waals surface area (Å²) < 4.78 is 0. The lowest BCUT2D eigenvalue weighted by atomic mass is 9.79. The molecule has 2 rings (SSSR count). The van der Waals surface area contributed by atoms with Crippen molar-refractivity contribution in [3.05, 3.63) is 34.9 Å². The second-order valence-corrected chi connectivity index (χ2v) is 7.07. The van der Waals surface area contributed by atoms with Crippen LogP contribution in [0.1, 0.15) is 43.5 Å². The predicted octanol–water partition coefficient (Wildman–Crippen LogP) is 2.89. The monoisotopic (exact) mass is 322 g/mol. The minimum atomic E-state index is -0.0753. The Bertz CT molecular complexity index is 554. The normalized spacial score (nSPS) is 20.7. The molecule has 0 radical (unpaired) electrons. The fourth-order valence-corrected chi connectivity index (χ4v) is 2.87. The molecular formula is C17H23ClN2O2. The van der Waals surface area contributed by atoms with Crippen LogP contribution in [0.2, 0.25) is 5.02 Å². The Kier molecular flexibility index (Phi) is 5.24. The van der Waals surface area contributed by atoms with Crippen LogP contribution in [0.5, 0.6) is 0 Å². The summed E-state index contributed by atoms with van der Waals surface area (Å²) in [5, 5.41) is 0.597. The number of hydrogen-bond acceptors (Lipinski definition) is 3. The van der Waals surface area contributed by atoms with Gasteiger partial charge in [-0.25, -0.2) is 0 Å². The molecule has 1 atom stereocenters. The number of nitrogens with two attached hydrogens (primary N) is 1. The average Bonchev–Trinajstić information content (AvgIpc) is 2.48. The van der Waals surface area contributed by atoms with Gasteiger partial charge in [0.15, 0.2) is 5.78 Å². The number of amides is 1. The number of carbonyl (C=O) groups is 2. The van der Waals surface area contributed by atoms with Crippen LogP contribution in [0.15, 0.2) is 24.3 Å². The Morgan fingerprint density at radius 1 is 1.27 bits per heavy atom. The van der Waals surface area contributed by atoms with E-state index in [1.165, 1.54) is 0 Å². The van der Waals surface area contributed by atoms with E-state index in [1.54, 1.807) is 24.3 Å². The number of likely N-dealkylation sites (tertiary alicyclic amines) is 1. The zero-order valence-electron chi connectivity index (χ0n) is 13.1. The van der Waals surface area contributed by atoms with Crippen molar-refractivity contribution in [1.82, 2.24) is 4.90 Å². The number of Topliss-reactive ketones (excluding diaryl/α,β-unsaturated/α-hetero) is 1. The summed E-state index contributed by atoms with van der Waals surface area (Å²) >= 11 is 5.80. The molecule has 0 spiro atoms. The fraction of sp³-hybridized carbons (Fsp3) is 0.529. The van der Waals surface area contributed by atoms with Crippen molar-refractivity contribution in [2.75, 3.05) is 13.1 Å². The van der Waals surface area contributed by atoms with Gasteiger partial charge in [-0.1, -0.05) is 25.4 Å². The van der Waals surface area contributed by atoms with Crippen molar-refractivity contribution < 1.29 is 9.59 Å². The number of benzene rings is 1. The van der Waals surface area contributed by atoms with E-state index in [4.69, 9.17) is 17.3 Å². The number of carbonyl (C=O) groups excluding carboxylic acids is 2. The van der Waals surface area contributed by atoms with E-state index in [-0.39, 0.29) is 36.0 Å².